The Labute approximate surface area is 180 Å². The summed E-state index contributed by atoms with van der Waals surface area (Å²) < 4.78 is 28.2. The number of rotatable bonds is 2. The number of carbonyl (C=O) groups is 1. The van der Waals surface area contributed by atoms with E-state index in [2.05, 4.69) is 53.4 Å². The predicted octanol–water partition coefficient (Wildman–Crippen LogP) is 4.61. The van der Waals surface area contributed by atoms with Gasteiger partial charge in [0.25, 0.3) is 5.91 Å². The lowest BCUT2D eigenvalue weighted by molar-refractivity contribution is 0.0588. The minimum absolute atomic E-state index is 0.123. The molecule has 3 aromatic carbocycles. The zero-order valence-corrected chi connectivity index (χ0v) is 17.2. The molecule has 1 saturated heterocycles. The van der Waals surface area contributed by atoms with Crippen molar-refractivity contribution in [3.63, 3.8) is 0 Å². The molecule has 5 rings (SSSR count). The molecule has 1 heterocycles. The second kappa shape index (κ2) is 8.23. The number of benzene rings is 3. The number of amides is 1. The van der Waals surface area contributed by atoms with Gasteiger partial charge in [0, 0.05) is 26.2 Å². The summed E-state index contributed by atoms with van der Waals surface area (Å²) in [4.78, 5) is 16.8. The zero-order valence-electron chi connectivity index (χ0n) is 17.2. The topological polar surface area (TPSA) is 23.6 Å². The van der Waals surface area contributed by atoms with Crippen LogP contribution < -0.4 is 0 Å². The van der Waals surface area contributed by atoms with Crippen molar-refractivity contribution in [1.82, 2.24) is 9.80 Å². The molecule has 0 atom stereocenters. The Kier molecular flexibility index (Phi) is 5.28. The Morgan fingerprint density at radius 2 is 1.23 bits per heavy atom. The van der Waals surface area contributed by atoms with E-state index in [0.717, 1.165) is 25.0 Å². The molecule has 158 valence electrons. The lowest BCUT2D eigenvalue weighted by atomic mass is 9.92. The highest BCUT2D eigenvalue weighted by molar-refractivity contribution is 5.94. The first-order valence-corrected chi connectivity index (χ1v) is 10.8. The third-order valence-corrected chi connectivity index (χ3v) is 6.51. The molecule has 3 nitrogen and oxygen atoms in total. The molecule has 0 unspecified atom stereocenters. The predicted molar refractivity (Wildman–Crippen MR) is 116 cm³/mol. The van der Waals surface area contributed by atoms with E-state index in [-0.39, 0.29) is 6.04 Å². The molecule has 2 aliphatic rings. The Hall–Kier alpha value is -3.05. The van der Waals surface area contributed by atoms with E-state index in [1.165, 1.54) is 28.3 Å². The Morgan fingerprint density at radius 3 is 1.77 bits per heavy atom. The van der Waals surface area contributed by atoms with Crippen molar-refractivity contribution in [3.8, 4) is 0 Å². The van der Waals surface area contributed by atoms with Crippen LogP contribution in [0.2, 0.25) is 0 Å². The highest BCUT2D eigenvalue weighted by Gasteiger charge is 2.33. The van der Waals surface area contributed by atoms with Crippen LogP contribution in [0.1, 0.15) is 38.7 Å². The third-order valence-electron chi connectivity index (χ3n) is 6.51. The number of hydrogen-bond donors (Lipinski definition) is 0. The molecule has 0 bridgehead atoms. The van der Waals surface area contributed by atoms with Gasteiger partial charge in [-0.15, -0.1) is 0 Å². The maximum absolute atomic E-state index is 14.1. The van der Waals surface area contributed by atoms with Gasteiger partial charge < -0.3 is 4.90 Å². The first-order chi connectivity index (χ1) is 15.1. The molecule has 1 aliphatic heterocycles. The average Bonchev–Trinajstić information content (AvgIpc) is 2.96. The second-order valence-electron chi connectivity index (χ2n) is 8.22. The van der Waals surface area contributed by atoms with Gasteiger partial charge in [0.15, 0.2) is 0 Å². The number of halogens is 2. The van der Waals surface area contributed by atoms with Gasteiger partial charge in [0.2, 0.25) is 0 Å². The minimum atomic E-state index is -0.806. The number of hydrogen-bond acceptors (Lipinski definition) is 2. The van der Waals surface area contributed by atoms with Crippen molar-refractivity contribution in [2.75, 3.05) is 26.2 Å². The molecule has 1 fully saturated rings. The van der Waals surface area contributed by atoms with Crippen LogP contribution in [0.4, 0.5) is 8.78 Å². The van der Waals surface area contributed by atoms with Gasteiger partial charge in [-0.05, 0) is 47.2 Å². The maximum Gasteiger partial charge on any atom is 0.259 e. The van der Waals surface area contributed by atoms with E-state index in [1.54, 1.807) is 4.90 Å². The quantitative estimate of drug-likeness (QED) is 0.607. The summed E-state index contributed by atoms with van der Waals surface area (Å²) in [5, 5.41) is 0. The van der Waals surface area contributed by atoms with Crippen molar-refractivity contribution < 1.29 is 13.6 Å². The van der Waals surface area contributed by atoms with E-state index in [0.29, 0.717) is 26.2 Å². The van der Waals surface area contributed by atoms with Gasteiger partial charge >= 0.3 is 0 Å². The molecular weight excluding hydrogens is 394 g/mol. The molecule has 31 heavy (non-hydrogen) atoms. The fourth-order valence-corrected chi connectivity index (χ4v) is 4.93. The summed E-state index contributed by atoms with van der Waals surface area (Å²) in [6.07, 6.45) is 2.02. The number of piperazine rings is 1. The van der Waals surface area contributed by atoms with E-state index in [9.17, 15) is 13.6 Å². The first kappa shape index (κ1) is 19.9. The molecule has 0 spiro atoms. The molecule has 1 amide bonds. The molecule has 0 saturated carbocycles. The van der Waals surface area contributed by atoms with Gasteiger partial charge in [-0.1, -0.05) is 54.6 Å². The number of fused-ring (bicyclic) bond motifs is 2. The van der Waals surface area contributed by atoms with E-state index >= 15 is 0 Å². The van der Waals surface area contributed by atoms with Crippen molar-refractivity contribution in [2.24, 2.45) is 0 Å². The first-order valence-electron chi connectivity index (χ1n) is 10.8. The minimum Gasteiger partial charge on any atom is -0.336 e. The SMILES string of the molecule is O=C(c1c(F)cccc1F)N1CCN(C2c3ccccc3CCc3ccccc32)CC1. The van der Waals surface area contributed by atoms with Crippen molar-refractivity contribution >= 4 is 5.91 Å². The van der Waals surface area contributed by atoms with Gasteiger partial charge in [0.05, 0.1) is 6.04 Å². The highest BCUT2D eigenvalue weighted by atomic mass is 19.1. The van der Waals surface area contributed by atoms with Crippen molar-refractivity contribution in [3.05, 3.63) is 106 Å². The molecule has 3 aromatic rings. The normalized spacial score (nSPS) is 17.0. The van der Waals surface area contributed by atoms with Gasteiger partial charge in [-0.25, -0.2) is 8.78 Å². The fourth-order valence-electron chi connectivity index (χ4n) is 4.93. The van der Waals surface area contributed by atoms with Crippen LogP contribution in [0.25, 0.3) is 0 Å². The Bertz CT molecular complexity index is 1050. The van der Waals surface area contributed by atoms with Crippen molar-refractivity contribution in [2.45, 2.75) is 18.9 Å². The molecule has 0 aromatic heterocycles. The van der Waals surface area contributed by atoms with Gasteiger partial charge in [-0.3, -0.25) is 9.69 Å². The summed E-state index contributed by atoms with van der Waals surface area (Å²) in [6, 6.07) is 20.8. The molecule has 0 radical (unpaired) electrons. The monoisotopic (exact) mass is 418 g/mol. The van der Waals surface area contributed by atoms with Crippen molar-refractivity contribution in [1.29, 1.82) is 0 Å². The van der Waals surface area contributed by atoms with Crippen LogP contribution in [0.3, 0.4) is 0 Å². The van der Waals surface area contributed by atoms with Gasteiger partial charge in [-0.2, -0.15) is 0 Å². The summed E-state index contributed by atoms with van der Waals surface area (Å²) in [5.74, 6) is -2.19. The standard InChI is InChI=1S/C26H24F2N2O/c27-22-10-5-11-23(28)24(22)26(31)30-16-14-29(15-17-30)25-20-8-3-1-6-18(20)12-13-19-7-2-4-9-21(19)25/h1-11,25H,12-17H2. The van der Waals surface area contributed by atoms with Crippen LogP contribution in [0, 0.1) is 11.6 Å². The average molecular weight is 418 g/mol. The summed E-state index contributed by atoms with van der Waals surface area (Å²) >= 11 is 0. The van der Waals surface area contributed by atoms with Crippen LogP contribution >= 0.6 is 0 Å². The smallest absolute Gasteiger partial charge is 0.259 e. The summed E-state index contributed by atoms with van der Waals surface area (Å²) in [6.45, 7) is 2.17. The molecular formula is C26H24F2N2O. The van der Waals surface area contributed by atoms with Crippen LogP contribution in [-0.4, -0.2) is 41.9 Å². The number of nitrogens with zero attached hydrogens (tertiary/aromatic N) is 2. The molecule has 5 heteroatoms. The number of aryl methyl sites for hydroxylation is 2. The maximum atomic E-state index is 14.1. The molecule has 1 aliphatic carbocycles. The van der Waals surface area contributed by atoms with Crippen LogP contribution in [0.5, 0.6) is 0 Å². The summed E-state index contributed by atoms with van der Waals surface area (Å²) in [7, 11) is 0. The Morgan fingerprint density at radius 1 is 0.710 bits per heavy atom. The van der Waals surface area contributed by atoms with Crippen LogP contribution in [-0.2, 0) is 12.8 Å². The summed E-state index contributed by atoms with van der Waals surface area (Å²) in [5.41, 5.74) is 4.88. The Balaban J connectivity index is 1.42. The van der Waals surface area contributed by atoms with Crippen LogP contribution in [0.15, 0.2) is 66.7 Å². The lowest BCUT2D eigenvalue weighted by Crippen LogP contribution is -2.50. The highest BCUT2D eigenvalue weighted by Crippen LogP contribution is 2.37. The largest absolute Gasteiger partial charge is 0.336 e. The molecule has 0 N–H and O–H groups in total. The van der Waals surface area contributed by atoms with E-state index in [1.807, 2.05) is 0 Å². The second-order valence-corrected chi connectivity index (χ2v) is 8.22. The fraction of sp³-hybridized carbons (Fsp3) is 0.269. The lowest BCUT2D eigenvalue weighted by Gasteiger charge is -2.40. The third kappa shape index (κ3) is 3.63. The zero-order chi connectivity index (χ0) is 21.4. The van der Waals surface area contributed by atoms with E-state index < -0.39 is 23.1 Å². The van der Waals surface area contributed by atoms with Gasteiger partial charge in [0.1, 0.15) is 17.2 Å². The van der Waals surface area contributed by atoms with E-state index in [4.69, 9.17) is 0 Å². The number of carbonyl (C=O) groups excluding carboxylic acids is 1.